The Morgan fingerprint density at radius 2 is 1.72 bits per heavy atom. The van der Waals surface area contributed by atoms with Crippen LogP contribution in [0.25, 0.3) is 21.9 Å². The van der Waals surface area contributed by atoms with Crippen LogP contribution >= 0.6 is 0 Å². The zero-order valence-electron chi connectivity index (χ0n) is 17.7. The predicted molar refractivity (Wildman–Crippen MR) is 123 cm³/mol. The van der Waals surface area contributed by atoms with E-state index in [2.05, 4.69) is 10.3 Å². The zero-order valence-corrected chi connectivity index (χ0v) is 17.7. The standard InChI is InChI=1S/C25H21N3O4/c1-16-9-11-17(12-10-16)22-19-7-3-4-8-20(19)24(30)28(2)23(22)25(31)32-15-21(29)27-18-6-5-13-26-14-18/h3-14H,15H2,1-2H3,(H,27,29). The maximum Gasteiger partial charge on any atom is 0.356 e. The number of hydrogen-bond acceptors (Lipinski definition) is 5. The highest BCUT2D eigenvalue weighted by Gasteiger charge is 2.23. The van der Waals surface area contributed by atoms with Gasteiger partial charge in [-0.2, -0.15) is 0 Å². The van der Waals surface area contributed by atoms with E-state index in [0.29, 0.717) is 22.0 Å². The van der Waals surface area contributed by atoms with Gasteiger partial charge in [-0.15, -0.1) is 0 Å². The van der Waals surface area contributed by atoms with Crippen molar-refractivity contribution >= 4 is 28.3 Å². The maximum atomic E-state index is 13.1. The second-order valence-corrected chi connectivity index (χ2v) is 7.37. The van der Waals surface area contributed by atoms with Crippen molar-refractivity contribution in [2.24, 2.45) is 7.05 Å². The summed E-state index contributed by atoms with van der Waals surface area (Å²) in [5, 5.41) is 3.75. The zero-order chi connectivity index (χ0) is 22.7. The molecule has 0 aliphatic rings. The van der Waals surface area contributed by atoms with Gasteiger partial charge in [0.15, 0.2) is 6.61 Å². The molecule has 0 spiro atoms. The lowest BCUT2D eigenvalue weighted by molar-refractivity contribution is -0.119. The van der Waals surface area contributed by atoms with Gasteiger partial charge < -0.3 is 14.6 Å². The third-order valence-corrected chi connectivity index (χ3v) is 5.12. The van der Waals surface area contributed by atoms with Crippen LogP contribution in [-0.4, -0.2) is 28.0 Å². The first-order chi connectivity index (χ1) is 15.5. The molecule has 0 radical (unpaired) electrons. The van der Waals surface area contributed by atoms with Gasteiger partial charge in [0.1, 0.15) is 5.69 Å². The molecule has 0 unspecified atom stereocenters. The number of fused-ring (bicyclic) bond motifs is 1. The minimum Gasteiger partial charge on any atom is -0.451 e. The minimum atomic E-state index is -0.757. The van der Waals surface area contributed by atoms with Crippen molar-refractivity contribution in [2.75, 3.05) is 11.9 Å². The Morgan fingerprint density at radius 3 is 2.41 bits per heavy atom. The van der Waals surface area contributed by atoms with Crippen molar-refractivity contribution < 1.29 is 14.3 Å². The van der Waals surface area contributed by atoms with Crippen molar-refractivity contribution in [1.82, 2.24) is 9.55 Å². The second kappa shape index (κ2) is 8.85. The molecule has 1 N–H and O–H groups in total. The number of pyridine rings is 2. The summed E-state index contributed by atoms with van der Waals surface area (Å²) in [5.41, 5.74) is 2.69. The lowest BCUT2D eigenvalue weighted by atomic mass is 9.96. The van der Waals surface area contributed by atoms with E-state index in [1.54, 1.807) is 36.5 Å². The average molecular weight is 427 g/mol. The summed E-state index contributed by atoms with van der Waals surface area (Å²) in [5.74, 6) is -1.26. The number of nitrogens with zero attached hydrogens (tertiary/aromatic N) is 2. The predicted octanol–water partition coefficient (Wildman–Crippen LogP) is 3.70. The van der Waals surface area contributed by atoms with Gasteiger partial charge in [-0.3, -0.25) is 14.6 Å². The molecule has 0 aliphatic heterocycles. The normalized spacial score (nSPS) is 10.7. The van der Waals surface area contributed by atoms with Crippen LogP contribution in [0.4, 0.5) is 5.69 Å². The molecule has 4 aromatic rings. The summed E-state index contributed by atoms with van der Waals surface area (Å²) in [6.45, 7) is 1.47. The number of carbonyl (C=O) groups excluding carboxylic acids is 2. The van der Waals surface area contributed by atoms with E-state index < -0.39 is 18.5 Å². The van der Waals surface area contributed by atoms with Crippen LogP contribution in [0.1, 0.15) is 16.1 Å². The highest BCUT2D eigenvalue weighted by Crippen LogP contribution is 2.31. The number of nitrogens with one attached hydrogen (secondary N) is 1. The van der Waals surface area contributed by atoms with E-state index in [0.717, 1.165) is 11.1 Å². The third kappa shape index (κ3) is 4.13. The summed E-state index contributed by atoms with van der Waals surface area (Å²) in [6.07, 6.45) is 3.07. The fraction of sp³-hybridized carbons (Fsp3) is 0.120. The Labute approximate surface area is 184 Å². The first-order valence-corrected chi connectivity index (χ1v) is 10.0. The van der Waals surface area contributed by atoms with Gasteiger partial charge >= 0.3 is 5.97 Å². The van der Waals surface area contributed by atoms with E-state index in [9.17, 15) is 14.4 Å². The minimum absolute atomic E-state index is 0.0896. The number of hydrogen-bond donors (Lipinski definition) is 1. The molecular weight excluding hydrogens is 406 g/mol. The molecule has 4 rings (SSSR count). The van der Waals surface area contributed by atoms with E-state index >= 15 is 0 Å². The summed E-state index contributed by atoms with van der Waals surface area (Å²) in [6, 6.07) is 18.1. The van der Waals surface area contributed by atoms with Gasteiger partial charge in [-0.1, -0.05) is 48.0 Å². The molecular formula is C25H21N3O4. The van der Waals surface area contributed by atoms with Crippen LogP contribution in [0, 0.1) is 6.92 Å². The van der Waals surface area contributed by atoms with Gasteiger partial charge in [0.2, 0.25) is 0 Å². The average Bonchev–Trinajstić information content (AvgIpc) is 2.81. The highest BCUT2D eigenvalue weighted by molar-refractivity contribution is 6.07. The Balaban J connectivity index is 1.72. The molecule has 2 aromatic carbocycles. The number of esters is 1. The summed E-state index contributed by atoms with van der Waals surface area (Å²) in [7, 11) is 1.53. The number of aryl methyl sites for hydroxylation is 1. The molecule has 0 atom stereocenters. The Morgan fingerprint density at radius 1 is 1.00 bits per heavy atom. The van der Waals surface area contributed by atoms with Crippen LogP contribution in [0.3, 0.4) is 0 Å². The van der Waals surface area contributed by atoms with Gasteiger partial charge in [-0.05, 0) is 36.1 Å². The molecule has 32 heavy (non-hydrogen) atoms. The van der Waals surface area contributed by atoms with Crippen molar-refractivity contribution in [2.45, 2.75) is 6.92 Å². The fourth-order valence-corrected chi connectivity index (χ4v) is 3.55. The number of anilines is 1. The molecule has 2 aromatic heterocycles. The number of amides is 1. The van der Waals surface area contributed by atoms with Gasteiger partial charge in [-0.25, -0.2) is 4.79 Å². The Kier molecular flexibility index (Phi) is 5.81. The molecule has 0 fully saturated rings. The molecule has 2 heterocycles. The number of ether oxygens (including phenoxy) is 1. The van der Waals surface area contributed by atoms with E-state index in [1.807, 2.05) is 37.3 Å². The topological polar surface area (TPSA) is 90.3 Å². The SMILES string of the molecule is Cc1ccc(-c2c(C(=O)OCC(=O)Nc3cccnc3)n(C)c(=O)c3ccccc23)cc1. The molecule has 0 saturated carbocycles. The molecule has 7 heteroatoms. The Hall–Kier alpha value is -4.26. The molecule has 160 valence electrons. The molecule has 7 nitrogen and oxygen atoms in total. The molecule has 1 amide bonds. The first-order valence-electron chi connectivity index (χ1n) is 10.0. The van der Waals surface area contributed by atoms with Gasteiger partial charge in [0.05, 0.1) is 11.9 Å². The first kappa shape index (κ1) is 21.0. The van der Waals surface area contributed by atoms with Crippen LogP contribution < -0.4 is 10.9 Å². The van der Waals surface area contributed by atoms with Crippen LogP contribution in [0.5, 0.6) is 0 Å². The lowest BCUT2D eigenvalue weighted by Gasteiger charge is -2.17. The maximum absolute atomic E-state index is 13.1. The number of aromatic nitrogens is 2. The van der Waals surface area contributed by atoms with Gasteiger partial charge in [0, 0.05) is 24.2 Å². The Bertz CT molecular complexity index is 1360. The van der Waals surface area contributed by atoms with Crippen LogP contribution in [0.15, 0.2) is 77.9 Å². The second-order valence-electron chi connectivity index (χ2n) is 7.37. The quantitative estimate of drug-likeness (QED) is 0.491. The van der Waals surface area contributed by atoms with Crippen molar-refractivity contribution in [1.29, 1.82) is 0 Å². The summed E-state index contributed by atoms with van der Waals surface area (Å²) >= 11 is 0. The molecule has 0 saturated heterocycles. The fourth-order valence-electron chi connectivity index (χ4n) is 3.55. The van der Waals surface area contributed by atoms with Crippen molar-refractivity contribution in [3.63, 3.8) is 0 Å². The number of benzene rings is 2. The summed E-state index contributed by atoms with van der Waals surface area (Å²) in [4.78, 5) is 42.2. The van der Waals surface area contributed by atoms with E-state index in [4.69, 9.17) is 4.74 Å². The number of carbonyl (C=O) groups is 2. The van der Waals surface area contributed by atoms with Crippen molar-refractivity contribution in [3.05, 3.63) is 94.7 Å². The van der Waals surface area contributed by atoms with E-state index in [1.165, 1.54) is 17.8 Å². The van der Waals surface area contributed by atoms with Crippen LogP contribution in [0.2, 0.25) is 0 Å². The van der Waals surface area contributed by atoms with Crippen molar-refractivity contribution in [3.8, 4) is 11.1 Å². The molecule has 0 aliphatic carbocycles. The van der Waals surface area contributed by atoms with Gasteiger partial charge in [0.25, 0.3) is 11.5 Å². The monoisotopic (exact) mass is 427 g/mol. The third-order valence-electron chi connectivity index (χ3n) is 5.12. The van der Waals surface area contributed by atoms with Crippen LogP contribution in [-0.2, 0) is 16.6 Å². The smallest absolute Gasteiger partial charge is 0.356 e. The highest BCUT2D eigenvalue weighted by atomic mass is 16.5. The number of rotatable bonds is 5. The lowest BCUT2D eigenvalue weighted by Crippen LogP contribution is -2.28. The summed E-state index contributed by atoms with van der Waals surface area (Å²) < 4.78 is 6.58. The largest absolute Gasteiger partial charge is 0.451 e. The van der Waals surface area contributed by atoms with E-state index in [-0.39, 0.29) is 11.3 Å². The molecule has 0 bridgehead atoms.